The molecule has 4 heteroatoms. The van der Waals surface area contributed by atoms with Gasteiger partial charge in [-0.2, -0.15) is 8.42 Å². The molecular formula is C9H12O3S. The summed E-state index contributed by atoms with van der Waals surface area (Å²) in [5.74, 6) is 0.429. The highest BCUT2D eigenvalue weighted by Crippen LogP contribution is 2.11. The smallest absolute Gasteiger partial charge is 0.309 e. The minimum absolute atomic E-state index is 0.0574. The molecule has 0 aliphatic carbocycles. The molecule has 0 unspecified atom stereocenters. The van der Waals surface area contributed by atoms with E-state index < -0.39 is 10.1 Å². The van der Waals surface area contributed by atoms with E-state index in [0.29, 0.717) is 12.2 Å². The Morgan fingerprint density at radius 3 is 2.38 bits per heavy atom. The van der Waals surface area contributed by atoms with Gasteiger partial charge in [0.25, 0.3) is 0 Å². The molecule has 13 heavy (non-hydrogen) atoms. The number of rotatable bonds is 4. The third kappa shape index (κ3) is 3.46. The van der Waals surface area contributed by atoms with Crippen LogP contribution in [0.2, 0.25) is 0 Å². The maximum absolute atomic E-state index is 11.2. The fraction of sp³-hybridized carbons (Fsp3) is 0.333. The van der Waals surface area contributed by atoms with Crippen molar-refractivity contribution in [3.8, 4) is 5.75 Å². The van der Waals surface area contributed by atoms with Crippen molar-refractivity contribution >= 4 is 10.1 Å². The van der Waals surface area contributed by atoms with E-state index in [1.165, 1.54) is 0 Å². The fourth-order valence-corrected chi connectivity index (χ4v) is 1.90. The van der Waals surface area contributed by atoms with E-state index in [9.17, 15) is 8.42 Å². The summed E-state index contributed by atoms with van der Waals surface area (Å²) in [4.78, 5) is 0. The minimum Gasteiger partial charge on any atom is -0.382 e. The van der Waals surface area contributed by atoms with Crippen LogP contribution in [0, 0.1) is 0 Å². The summed E-state index contributed by atoms with van der Waals surface area (Å²) in [6.07, 6.45) is 0.565. The molecule has 3 nitrogen and oxygen atoms in total. The highest BCUT2D eigenvalue weighted by Gasteiger charge is 2.09. The van der Waals surface area contributed by atoms with Gasteiger partial charge in [0.05, 0.1) is 5.75 Å². The molecule has 0 spiro atoms. The molecule has 0 heterocycles. The van der Waals surface area contributed by atoms with Crippen molar-refractivity contribution in [2.24, 2.45) is 0 Å². The Balaban J connectivity index is 2.70. The van der Waals surface area contributed by atoms with E-state index in [1.807, 2.05) is 0 Å². The Kier molecular flexibility index (Phi) is 3.31. The van der Waals surface area contributed by atoms with Gasteiger partial charge in [-0.15, -0.1) is 0 Å². The van der Waals surface area contributed by atoms with Gasteiger partial charge in [-0.25, -0.2) is 0 Å². The Bertz CT molecular complexity index is 342. The summed E-state index contributed by atoms with van der Waals surface area (Å²) >= 11 is 0. The molecule has 0 aromatic heterocycles. The van der Waals surface area contributed by atoms with E-state index in [0.717, 1.165) is 0 Å². The molecule has 0 N–H and O–H groups in total. The zero-order valence-electron chi connectivity index (χ0n) is 7.43. The summed E-state index contributed by atoms with van der Waals surface area (Å²) in [5.41, 5.74) is 0. The molecule has 0 fully saturated rings. The maximum Gasteiger partial charge on any atom is 0.309 e. The van der Waals surface area contributed by atoms with Crippen LogP contribution >= 0.6 is 0 Å². The van der Waals surface area contributed by atoms with Gasteiger partial charge in [-0.1, -0.05) is 25.1 Å². The molecule has 1 aromatic carbocycles. The lowest BCUT2D eigenvalue weighted by atomic mass is 10.3. The molecule has 0 bridgehead atoms. The Morgan fingerprint density at radius 2 is 1.85 bits per heavy atom. The van der Waals surface area contributed by atoms with Crippen LogP contribution < -0.4 is 4.18 Å². The van der Waals surface area contributed by atoms with E-state index in [-0.39, 0.29) is 5.75 Å². The van der Waals surface area contributed by atoms with Gasteiger partial charge in [-0.05, 0) is 18.6 Å². The highest BCUT2D eigenvalue weighted by molar-refractivity contribution is 7.87. The van der Waals surface area contributed by atoms with Crippen LogP contribution in [0.5, 0.6) is 5.75 Å². The van der Waals surface area contributed by atoms with Crippen molar-refractivity contribution in [1.82, 2.24) is 0 Å². The normalized spacial score (nSPS) is 11.2. The summed E-state index contributed by atoms with van der Waals surface area (Å²) in [6, 6.07) is 8.51. The van der Waals surface area contributed by atoms with Crippen LogP contribution in [0.1, 0.15) is 13.3 Å². The van der Waals surface area contributed by atoms with E-state index >= 15 is 0 Å². The first-order valence-electron chi connectivity index (χ1n) is 4.11. The van der Waals surface area contributed by atoms with Crippen molar-refractivity contribution in [3.05, 3.63) is 30.3 Å². The molecule has 72 valence electrons. The SMILES string of the molecule is CCCS(=O)(=O)Oc1ccccc1. The fourth-order valence-electron chi connectivity index (χ4n) is 0.914. The van der Waals surface area contributed by atoms with Crippen LogP contribution in [0.15, 0.2) is 30.3 Å². The Hall–Kier alpha value is -1.03. The summed E-state index contributed by atoms with van der Waals surface area (Å²) in [5, 5.41) is 0. The van der Waals surface area contributed by atoms with Crippen molar-refractivity contribution in [3.63, 3.8) is 0 Å². The van der Waals surface area contributed by atoms with E-state index in [2.05, 4.69) is 0 Å². The van der Waals surface area contributed by atoms with Crippen molar-refractivity contribution in [2.75, 3.05) is 5.75 Å². The number of hydrogen-bond acceptors (Lipinski definition) is 3. The predicted molar refractivity (Wildman–Crippen MR) is 51.1 cm³/mol. The van der Waals surface area contributed by atoms with Crippen LogP contribution in [0.25, 0.3) is 0 Å². The van der Waals surface area contributed by atoms with Gasteiger partial charge in [0.15, 0.2) is 0 Å². The van der Waals surface area contributed by atoms with E-state index in [1.54, 1.807) is 37.3 Å². The summed E-state index contributed by atoms with van der Waals surface area (Å²) in [7, 11) is -3.38. The molecule has 0 radical (unpaired) electrons. The number of benzene rings is 1. The van der Waals surface area contributed by atoms with Gasteiger partial charge in [0, 0.05) is 0 Å². The van der Waals surface area contributed by atoms with Crippen molar-refractivity contribution < 1.29 is 12.6 Å². The van der Waals surface area contributed by atoms with Crippen molar-refractivity contribution in [2.45, 2.75) is 13.3 Å². The minimum atomic E-state index is -3.38. The molecule has 1 rings (SSSR count). The molecule has 0 saturated carbocycles. The molecule has 0 atom stereocenters. The van der Waals surface area contributed by atoms with Gasteiger partial charge >= 0.3 is 10.1 Å². The number of para-hydroxylation sites is 1. The average molecular weight is 200 g/mol. The second-order valence-electron chi connectivity index (χ2n) is 2.66. The van der Waals surface area contributed by atoms with E-state index in [4.69, 9.17) is 4.18 Å². The number of hydrogen-bond donors (Lipinski definition) is 0. The molecule has 1 aromatic rings. The monoisotopic (exact) mass is 200 g/mol. The molecule has 0 saturated heterocycles. The zero-order chi connectivity index (χ0) is 9.73. The second-order valence-corrected chi connectivity index (χ2v) is 4.35. The molecular weight excluding hydrogens is 188 g/mol. The van der Waals surface area contributed by atoms with Gasteiger partial charge in [-0.3, -0.25) is 0 Å². The van der Waals surface area contributed by atoms with Crippen LogP contribution in [-0.4, -0.2) is 14.2 Å². The third-order valence-electron chi connectivity index (χ3n) is 1.42. The standard InChI is InChI=1S/C9H12O3S/c1-2-8-13(10,11)12-9-6-4-3-5-7-9/h3-7H,2,8H2,1H3. The Morgan fingerprint density at radius 1 is 1.23 bits per heavy atom. The highest BCUT2D eigenvalue weighted by atomic mass is 32.2. The first kappa shape index (κ1) is 10.1. The van der Waals surface area contributed by atoms with Crippen LogP contribution in [0.4, 0.5) is 0 Å². The van der Waals surface area contributed by atoms with Crippen LogP contribution in [0.3, 0.4) is 0 Å². The average Bonchev–Trinajstić information content (AvgIpc) is 2.04. The molecule has 0 amide bonds. The lowest BCUT2D eigenvalue weighted by Crippen LogP contribution is -2.12. The van der Waals surface area contributed by atoms with Crippen LogP contribution in [-0.2, 0) is 10.1 Å². The van der Waals surface area contributed by atoms with Crippen molar-refractivity contribution in [1.29, 1.82) is 0 Å². The predicted octanol–water partition coefficient (Wildman–Crippen LogP) is 1.81. The maximum atomic E-state index is 11.2. The van der Waals surface area contributed by atoms with Gasteiger partial charge < -0.3 is 4.18 Å². The third-order valence-corrected chi connectivity index (χ3v) is 2.78. The summed E-state index contributed by atoms with van der Waals surface area (Å²) in [6.45, 7) is 1.80. The summed E-state index contributed by atoms with van der Waals surface area (Å²) < 4.78 is 27.2. The quantitative estimate of drug-likeness (QED) is 0.696. The molecule has 0 aliphatic heterocycles. The van der Waals surface area contributed by atoms with Gasteiger partial charge in [0.2, 0.25) is 0 Å². The first-order valence-corrected chi connectivity index (χ1v) is 5.69. The topological polar surface area (TPSA) is 43.4 Å². The van der Waals surface area contributed by atoms with Gasteiger partial charge in [0.1, 0.15) is 5.75 Å². The second kappa shape index (κ2) is 4.28. The Labute approximate surface area is 78.5 Å². The first-order chi connectivity index (χ1) is 6.14. The lowest BCUT2D eigenvalue weighted by molar-refractivity contribution is 0.485. The lowest BCUT2D eigenvalue weighted by Gasteiger charge is -2.04. The zero-order valence-corrected chi connectivity index (χ0v) is 8.25. The molecule has 0 aliphatic rings. The largest absolute Gasteiger partial charge is 0.382 e.